The molecule has 1 aromatic carbocycles. The van der Waals surface area contributed by atoms with Gasteiger partial charge < -0.3 is 5.32 Å². The predicted molar refractivity (Wildman–Crippen MR) is 65.3 cm³/mol. The monoisotopic (exact) mass is 242 g/mol. The number of nitrogens with zero attached hydrogens (tertiary/aromatic N) is 1. The molecular weight excluding hydrogens is 228 g/mol. The average molecular weight is 242 g/mol. The van der Waals surface area contributed by atoms with E-state index in [0.29, 0.717) is 17.9 Å². The molecule has 88 valence electrons. The normalized spacial score (nSPS) is 12.1. The lowest BCUT2D eigenvalue weighted by Crippen LogP contribution is -2.09. The molecule has 0 fully saturated rings. The lowest BCUT2D eigenvalue weighted by molar-refractivity contribution is -0.385. The Labute approximate surface area is 96.5 Å². The molecule has 0 radical (unpaired) electrons. The first-order valence-corrected chi connectivity index (χ1v) is 6.52. The molecule has 0 aliphatic heterocycles. The molecule has 1 atom stereocenters. The summed E-state index contributed by atoms with van der Waals surface area (Å²) in [5.41, 5.74) is 1.55. The van der Waals surface area contributed by atoms with Crippen molar-refractivity contribution in [3.63, 3.8) is 0 Å². The number of rotatable bonds is 5. The van der Waals surface area contributed by atoms with Gasteiger partial charge in [0.05, 0.1) is 4.92 Å². The SMILES string of the molecule is Cc1cc(NCCS(C)=O)ccc1[N+](=O)[O-]. The van der Waals surface area contributed by atoms with Crippen LogP contribution in [-0.2, 0) is 10.8 Å². The van der Waals surface area contributed by atoms with E-state index < -0.39 is 15.7 Å². The van der Waals surface area contributed by atoms with Gasteiger partial charge in [0, 0.05) is 46.7 Å². The Morgan fingerprint density at radius 1 is 1.50 bits per heavy atom. The number of nitrogens with one attached hydrogen (secondary N) is 1. The van der Waals surface area contributed by atoms with Crippen molar-refractivity contribution in [1.29, 1.82) is 0 Å². The van der Waals surface area contributed by atoms with Gasteiger partial charge in [0.15, 0.2) is 0 Å². The van der Waals surface area contributed by atoms with Gasteiger partial charge in [-0.25, -0.2) is 0 Å². The number of hydrogen-bond acceptors (Lipinski definition) is 4. The Morgan fingerprint density at radius 2 is 2.19 bits per heavy atom. The standard InChI is InChI=1S/C10H14N2O3S/c1-8-7-9(11-5-6-16(2)15)3-4-10(8)12(13)14/h3-4,7,11H,5-6H2,1-2H3. The number of hydrogen-bond donors (Lipinski definition) is 1. The van der Waals surface area contributed by atoms with Crippen molar-refractivity contribution in [2.75, 3.05) is 23.9 Å². The highest BCUT2D eigenvalue weighted by molar-refractivity contribution is 7.84. The third-order valence-corrected chi connectivity index (χ3v) is 2.89. The highest BCUT2D eigenvalue weighted by Crippen LogP contribution is 2.21. The minimum Gasteiger partial charge on any atom is -0.384 e. The zero-order valence-electron chi connectivity index (χ0n) is 9.23. The molecule has 0 aromatic heterocycles. The van der Waals surface area contributed by atoms with Crippen molar-refractivity contribution in [2.24, 2.45) is 0 Å². The fourth-order valence-corrected chi connectivity index (χ4v) is 1.70. The van der Waals surface area contributed by atoms with Crippen molar-refractivity contribution >= 4 is 22.2 Å². The van der Waals surface area contributed by atoms with Gasteiger partial charge in [-0.3, -0.25) is 14.3 Å². The van der Waals surface area contributed by atoms with Gasteiger partial charge in [0.25, 0.3) is 5.69 Å². The maximum absolute atomic E-state index is 10.8. The molecule has 0 saturated heterocycles. The lowest BCUT2D eigenvalue weighted by atomic mass is 10.2. The molecule has 6 heteroatoms. The van der Waals surface area contributed by atoms with Crippen LogP contribution in [0.15, 0.2) is 18.2 Å². The molecule has 0 spiro atoms. The largest absolute Gasteiger partial charge is 0.384 e. The van der Waals surface area contributed by atoms with Crippen molar-refractivity contribution in [2.45, 2.75) is 6.92 Å². The van der Waals surface area contributed by atoms with E-state index in [0.717, 1.165) is 5.69 Å². The molecule has 0 amide bonds. The summed E-state index contributed by atoms with van der Waals surface area (Å²) in [7, 11) is -0.827. The van der Waals surface area contributed by atoms with E-state index in [9.17, 15) is 14.3 Å². The zero-order chi connectivity index (χ0) is 12.1. The third-order valence-electron chi connectivity index (χ3n) is 2.11. The van der Waals surface area contributed by atoms with E-state index in [-0.39, 0.29) is 5.69 Å². The number of aryl methyl sites for hydroxylation is 1. The molecule has 0 bridgehead atoms. The Bertz CT molecular complexity index is 421. The predicted octanol–water partition coefficient (Wildman–Crippen LogP) is 1.69. The fourth-order valence-electron chi connectivity index (χ4n) is 1.31. The molecule has 0 aliphatic carbocycles. The average Bonchev–Trinajstić information content (AvgIpc) is 2.16. The van der Waals surface area contributed by atoms with Gasteiger partial charge >= 0.3 is 0 Å². The molecular formula is C10H14N2O3S. The van der Waals surface area contributed by atoms with E-state index in [4.69, 9.17) is 0 Å². The van der Waals surface area contributed by atoms with Crippen LogP contribution < -0.4 is 5.32 Å². The van der Waals surface area contributed by atoms with Gasteiger partial charge in [0.1, 0.15) is 0 Å². The van der Waals surface area contributed by atoms with Gasteiger partial charge in [-0.15, -0.1) is 0 Å². The topological polar surface area (TPSA) is 72.2 Å². The zero-order valence-corrected chi connectivity index (χ0v) is 10.0. The second-order valence-electron chi connectivity index (χ2n) is 3.46. The number of nitro groups is 1. The molecule has 0 saturated carbocycles. The van der Waals surface area contributed by atoms with Crippen LogP contribution in [0.1, 0.15) is 5.56 Å². The van der Waals surface area contributed by atoms with Crippen molar-refractivity contribution in [1.82, 2.24) is 0 Å². The summed E-state index contributed by atoms with van der Waals surface area (Å²) < 4.78 is 10.8. The van der Waals surface area contributed by atoms with E-state index in [1.807, 2.05) is 0 Å². The van der Waals surface area contributed by atoms with E-state index >= 15 is 0 Å². The van der Waals surface area contributed by atoms with E-state index in [2.05, 4.69) is 5.32 Å². The van der Waals surface area contributed by atoms with Crippen LogP contribution in [0.3, 0.4) is 0 Å². The molecule has 1 N–H and O–H groups in total. The van der Waals surface area contributed by atoms with Gasteiger partial charge in [0.2, 0.25) is 0 Å². The summed E-state index contributed by atoms with van der Waals surface area (Å²) >= 11 is 0. The molecule has 1 unspecified atom stereocenters. The number of anilines is 1. The number of nitro benzene ring substituents is 1. The maximum atomic E-state index is 10.8. The van der Waals surface area contributed by atoms with Gasteiger partial charge in [-0.1, -0.05) is 0 Å². The van der Waals surface area contributed by atoms with Crippen molar-refractivity contribution < 1.29 is 9.13 Å². The van der Waals surface area contributed by atoms with Gasteiger partial charge in [-0.2, -0.15) is 0 Å². The van der Waals surface area contributed by atoms with Crippen LogP contribution in [0.2, 0.25) is 0 Å². The first-order chi connectivity index (χ1) is 7.50. The quantitative estimate of drug-likeness (QED) is 0.630. The highest BCUT2D eigenvalue weighted by atomic mass is 32.2. The molecule has 5 nitrogen and oxygen atoms in total. The second kappa shape index (κ2) is 5.60. The lowest BCUT2D eigenvalue weighted by Gasteiger charge is -2.06. The molecule has 1 rings (SSSR count). The van der Waals surface area contributed by atoms with E-state index in [1.165, 1.54) is 6.07 Å². The Hall–Kier alpha value is -1.43. The summed E-state index contributed by atoms with van der Waals surface area (Å²) in [6.45, 7) is 2.29. The molecule has 1 aromatic rings. The van der Waals surface area contributed by atoms with Crippen molar-refractivity contribution in [3.8, 4) is 0 Å². The summed E-state index contributed by atoms with van der Waals surface area (Å²) in [5.74, 6) is 0.566. The summed E-state index contributed by atoms with van der Waals surface area (Å²) in [5, 5.41) is 13.6. The Balaban J connectivity index is 2.66. The van der Waals surface area contributed by atoms with Crippen LogP contribution in [-0.4, -0.2) is 27.7 Å². The third kappa shape index (κ3) is 3.62. The van der Waals surface area contributed by atoms with Crippen LogP contribution in [0.5, 0.6) is 0 Å². The molecule has 16 heavy (non-hydrogen) atoms. The summed E-state index contributed by atoms with van der Waals surface area (Å²) in [6.07, 6.45) is 1.64. The Morgan fingerprint density at radius 3 is 2.69 bits per heavy atom. The van der Waals surface area contributed by atoms with Crippen LogP contribution in [0.25, 0.3) is 0 Å². The number of benzene rings is 1. The van der Waals surface area contributed by atoms with E-state index in [1.54, 1.807) is 25.3 Å². The minimum absolute atomic E-state index is 0.115. The Kier molecular flexibility index (Phi) is 4.42. The first-order valence-electron chi connectivity index (χ1n) is 4.79. The van der Waals surface area contributed by atoms with Crippen LogP contribution >= 0.6 is 0 Å². The highest BCUT2D eigenvalue weighted by Gasteiger charge is 2.09. The van der Waals surface area contributed by atoms with Gasteiger partial charge in [-0.05, 0) is 19.1 Å². The summed E-state index contributed by atoms with van der Waals surface area (Å²) in [6, 6.07) is 4.85. The molecule has 0 heterocycles. The smallest absolute Gasteiger partial charge is 0.272 e. The fraction of sp³-hybridized carbons (Fsp3) is 0.400. The van der Waals surface area contributed by atoms with Crippen molar-refractivity contribution in [3.05, 3.63) is 33.9 Å². The van der Waals surface area contributed by atoms with Crippen LogP contribution in [0.4, 0.5) is 11.4 Å². The maximum Gasteiger partial charge on any atom is 0.272 e. The second-order valence-corrected chi connectivity index (χ2v) is 5.02. The summed E-state index contributed by atoms with van der Waals surface area (Å²) in [4.78, 5) is 10.2. The first kappa shape index (κ1) is 12.6. The minimum atomic E-state index is -0.827. The van der Waals surface area contributed by atoms with Crippen LogP contribution in [0, 0.1) is 17.0 Å². The molecule has 0 aliphatic rings.